The van der Waals surface area contributed by atoms with E-state index in [-0.39, 0.29) is 36.5 Å². The number of nitrogens with zero attached hydrogens (tertiary/aromatic N) is 4. The Hall–Kier alpha value is -5.90. The van der Waals surface area contributed by atoms with Crippen molar-refractivity contribution in [2.75, 3.05) is 23.7 Å². The fraction of sp³-hybridized carbons (Fsp3) is 0.250. The maximum Gasteiger partial charge on any atom is 0.248 e. The van der Waals surface area contributed by atoms with Crippen molar-refractivity contribution in [1.29, 1.82) is 0 Å². The largest absolute Gasteiger partial charge is 0.330 e. The molecular weight excluding hydrogens is 628 g/mol. The third-order valence-corrected chi connectivity index (χ3v) is 9.44. The predicted molar refractivity (Wildman–Crippen MR) is 192 cm³/mol. The number of carbonyl (C=O) groups is 4. The smallest absolute Gasteiger partial charge is 0.248 e. The molecule has 0 radical (unpaired) electrons. The number of hydrogen-bond donors (Lipinski definition) is 2. The van der Waals surface area contributed by atoms with Gasteiger partial charge in [-0.25, -0.2) is 9.97 Å². The number of aromatic nitrogens is 2. The lowest BCUT2D eigenvalue weighted by Gasteiger charge is -2.24. The van der Waals surface area contributed by atoms with Gasteiger partial charge in [-0.15, -0.1) is 0 Å². The normalized spacial score (nSPS) is 17.1. The fourth-order valence-corrected chi connectivity index (χ4v) is 6.85. The molecule has 2 aliphatic heterocycles. The van der Waals surface area contributed by atoms with Crippen LogP contribution in [0.5, 0.6) is 0 Å². The second kappa shape index (κ2) is 14.7. The zero-order valence-electron chi connectivity index (χ0n) is 27.6. The molecule has 252 valence electrons. The molecule has 0 spiro atoms. The lowest BCUT2D eigenvalue weighted by atomic mass is 10.0. The van der Waals surface area contributed by atoms with Crippen LogP contribution in [0.15, 0.2) is 109 Å². The minimum atomic E-state index is -0.523. The number of amides is 4. The maximum atomic E-state index is 13.2. The Morgan fingerprint density at radius 3 is 1.72 bits per heavy atom. The zero-order valence-corrected chi connectivity index (χ0v) is 27.6. The lowest BCUT2D eigenvalue weighted by Crippen LogP contribution is -2.43. The molecule has 4 amide bonds. The third-order valence-electron chi connectivity index (χ3n) is 9.44. The number of anilines is 2. The van der Waals surface area contributed by atoms with Crippen LogP contribution < -0.4 is 10.6 Å². The molecule has 3 aromatic carbocycles. The van der Waals surface area contributed by atoms with Crippen molar-refractivity contribution >= 4 is 46.2 Å². The summed E-state index contributed by atoms with van der Waals surface area (Å²) in [5.41, 5.74) is 4.36. The highest BCUT2D eigenvalue weighted by atomic mass is 16.2. The van der Waals surface area contributed by atoms with Crippen LogP contribution in [-0.2, 0) is 32.0 Å². The van der Waals surface area contributed by atoms with E-state index in [4.69, 9.17) is 0 Å². The summed E-state index contributed by atoms with van der Waals surface area (Å²) in [6, 6.07) is 31.2. The Labute approximate surface area is 290 Å². The molecule has 2 saturated heterocycles. The SMILES string of the molecule is O=C(Nc1ccc(-c2ccc3nc(NC(=O)C4CCCN4C(=O)Cc4ccccc4)ccc3c2)cn1)C1CCCN1C(=O)Cc1ccccc1. The Morgan fingerprint density at radius 2 is 1.16 bits per heavy atom. The molecule has 2 atom stereocenters. The number of pyridine rings is 2. The van der Waals surface area contributed by atoms with Gasteiger partial charge < -0.3 is 20.4 Å². The molecule has 5 aromatic rings. The van der Waals surface area contributed by atoms with E-state index >= 15 is 0 Å². The van der Waals surface area contributed by atoms with Crippen molar-refractivity contribution in [1.82, 2.24) is 19.8 Å². The molecule has 2 aromatic heterocycles. The fourth-order valence-electron chi connectivity index (χ4n) is 6.85. The summed E-state index contributed by atoms with van der Waals surface area (Å²) in [5, 5.41) is 6.70. The van der Waals surface area contributed by atoms with Gasteiger partial charge in [0.1, 0.15) is 23.7 Å². The Kier molecular flexibility index (Phi) is 9.59. The summed E-state index contributed by atoms with van der Waals surface area (Å²) < 4.78 is 0. The molecule has 2 N–H and O–H groups in total. The van der Waals surface area contributed by atoms with Gasteiger partial charge in [-0.1, -0.05) is 66.7 Å². The van der Waals surface area contributed by atoms with Crippen molar-refractivity contribution < 1.29 is 19.2 Å². The minimum Gasteiger partial charge on any atom is -0.330 e. The van der Waals surface area contributed by atoms with Crippen LogP contribution >= 0.6 is 0 Å². The first-order valence-corrected chi connectivity index (χ1v) is 17.1. The molecule has 0 bridgehead atoms. The van der Waals surface area contributed by atoms with Crippen molar-refractivity contribution in [2.24, 2.45) is 0 Å². The van der Waals surface area contributed by atoms with Gasteiger partial charge in [-0.2, -0.15) is 0 Å². The van der Waals surface area contributed by atoms with Gasteiger partial charge >= 0.3 is 0 Å². The molecule has 10 heteroatoms. The van der Waals surface area contributed by atoms with Crippen LogP contribution in [0.4, 0.5) is 11.6 Å². The van der Waals surface area contributed by atoms with Gasteiger partial charge in [0.25, 0.3) is 0 Å². The molecule has 7 rings (SSSR count). The summed E-state index contributed by atoms with van der Waals surface area (Å²) in [5.74, 6) is 0.287. The Bertz CT molecular complexity index is 2020. The minimum absolute atomic E-state index is 0.0516. The number of carbonyl (C=O) groups excluding carboxylic acids is 4. The van der Waals surface area contributed by atoms with Gasteiger partial charge in [0.15, 0.2) is 0 Å². The average Bonchev–Trinajstić information content (AvgIpc) is 3.84. The van der Waals surface area contributed by atoms with E-state index in [0.717, 1.165) is 46.0 Å². The molecule has 50 heavy (non-hydrogen) atoms. The van der Waals surface area contributed by atoms with Crippen molar-refractivity contribution in [3.63, 3.8) is 0 Å². The van der Waals surface area contributed by atoms with Crippen LogP contribution in [0.3, 0.4) is 0 Å². The van der Waals surface area contributed by atoms with Gasteiger partial charge in [0, 0.05) is 30.2 Å². The van der Waals surface area contributed by atoms with E-state index < -0.39 is 12.1 Å². The van der Waals surface area contributed by atoms with Gasteiger partial charge in [-0.05, 0) is 78.8 Å². The lowest BCUT2D eigenvalue weighted by molar-refractivity contribution is -0.136. The highest BCUT2D eigenvalue weighted by molar-refractivity contribution is 5.99. The van der Waals surface area contributed by atoms with Crippen molar-refractivity contribution in [3.8, 4) is 11.1 Å². The van der Waals surface area contributed by atoms with Crippen LogP contribution in [-0.4, -0.2) is 68.6 Å². The summed E-state index contributed by atoms with van der Waals surface area (Å²) in [4.78, 5) is 64.9. The third kappa shape index (κ3) is 7.39. The van der Waals surface area contributed by atoms with E-state index in [2.05, 4.69) is 20.6 Å². The second-order valence-corrected chi connectivity index (χ2v) is 12.8. The molecule has 2 unspecified atom stereocenters. The Balaban J connectivity index is 0.961. The van der Waals surface area contributed by atoms with Crippen LogP contribution in [0.25, 0.3) is 22.0 Å². The van der Waals surface area contributed by atoms with E-state index in [9.17, 15) is 19.2 Å². The monoisotopic (exact) mass is 666 g/mol. The number of benzene rings is 3. The number of hydrogen-bond acceptors (Lipinski definition) is 6. The summed E-state index contributed by atoms with van der Waals surface area (Å²) in [7, 11) is 0. The maximum absolute atomic E-state index is 13.2. The van der Waals surface area contributed by atoms with E-state index in [1.54, 1.807) is 28.1 Å². The van der Waals surface area contributed by atoms with Gasteiger partial charge in [0.05, 0.1) is 18.4 Å². The number of likely N-dealkylation sites (tertiary alicyclic amines) is 2. The highest BCUT2D eigenvalue weighted by Gasteiger charge is 2.35. The first-order chi connectivity index (χ1) is 24.4. The number of rotatable bonds is 9. The first kappa shape index (κ1) is 32.6. The van der Waals surface area contributed by atoms with Crippen LogP contribution in [0.2, 0.25) is 0 Å². The van der Waals surface area contributed by atoms with E-state index in [1.165, 1.54) is 0 Å². The molecule has 0 aliphatic carbocycles. The predicted octanol–water partition coefficient (Wildman–Crippen LogP) is 5.64. The average molecular weight is 667 g/mol. The van der Waals surface area contributed by atoms with Crippen LogP contribution in [0, 0.1) is 0 Å². The Morgan fingerprint density at radius 1 is 0.620 bits per heavy atom. The quantitative estimate of drug-likeness (QED) is 0.210. The van der Waals surface area contributed by atoms with Crippen molar-refractivity contribution in [2.45, 2.75) is 50.6 Å². The second-order valence-electron chi connectivity index (χ2n) is 12.8. The number of fused-ring (bicyclic) bond motifs is 1. The molecule has 0 saturated carbocycles. The zero-order chi connectivity index (χ0) is 34.5. The molecule has 10 nitrogen and oxygen atoms in total. The summed E-state index contributed by atoms with van der Waals surface area (Å²) >= 11 is 0. The van der Waals surface area contributed by atoms with Gasteiger partial charge in [0.2, 0.25) is 23.6 Å². The highest BCUT2D eigenvalue weighted by Crippen LogP contribution is 2.27. The standard InChI is InChI=1S/C40H38N6O4/c47-37(23-27-9-3-1-4-10-27)45-21-7-13-33(45)39(49)43-35-19-17-31(26-41-35)29-15-18-32-30(25-29)16-20-36(42-32)44-40(50)34-14-8-22-46(34)38(48)24-28-11-5-2-6-12-28/h1-6,9-12,15-20,25-26,33-34H,7-8,13-14,21-24H2,(H,41,43,49)(H,42,44,50). The van der Waals surface area contributed by atoms with Gasteiger partial charge in [-0.3, -0.25) is 19.2 Å². The number of nitrogens with one attached hydrogen (secondary N) is 2. The van der Waals surface area contributed by atoms with Crippen molar-refractivity contribution in [3.05, 3.63) is 120 Å². The summed E-state index contributed by atoms with van der Waals surface area (Å²) in [6.07, 6.45) is 5.05. The van der Waals surface area contributed by atoms with E-state index in [1.807, 2.05) is 91.0 Å². The van der Waals surface area contributed by atoms with Crippen LogP contribution in [0.1, 0.15) is 36.8 Å². The molecule has 4 heterocycles. The first-order valence-electron chi connectivity index (χ1n) is 17.1. The van der Waals surface area contributed by atoms with E-state index in [0.29, 0.717) is 37.6 Å². The summed E-state index contributed by atoms with van der Waals surface area (Å²) in [6.45, 7) is 1.13. The molecular formula is C40H38N6O4. The molecule has 2 aliphatic rings. The molecule has 2 fully saturated rings. The topological polar surface area (TPSA) is 125 Å².